The third kappa shape index (κ3) is 5.75. The zero-order chi connectivity index (χ0) is 12.5. The predicted octanol–water partition coefficient (Wildman–Crippen LogP) is 2.30. The van der Waals surface area contributed by atoms with E-state index in [1.54, 1.807) is 11.8 Å². The van der Waals surface area contributed by atoms with E-state index in [0.717, 1.165) is 24.3 Å². The Labute approximate surface area is 107 Å². The SMILES string of the molecule is CCc1cccc(NC(=O)CSCCCO)c1. The molecule has 1 amide bonds. The largest absolute Gasteiger partial charge is 0.396 e. The minimum Gasteiger partial charge on any atom is -0.396 e. The van der Waals surface area contributed by atoms with Gasteiger partial charge in [-0.3, -0.25) is 4.79 Å². The van der Waals surface area contributed by atoms with E-state index < -0.39 is 0 Å². The van der Waals surface area contributed by atoms with Crippen LogP contribution in [0.4, 0.5) is 5.69 Å². The van der Waals surface area contributed by atoms with Crippen molar-refractivity contribution in [1.82, 2.24) is 0 Å². The first-order chi connectivity index (χ1) is 8.26. The second-order valence-electron chi connectivity index (χ2n) is 3.73. The lowest BCUT2D eigenvalue weighted by Gasteiger charge is -2.06. The molecular weight excluding hydrogens is 234 g/mol. The van der Waals surface area contributed by atoms with Crippen molar-refractivity contribution < 1.29 is 9.90 Å². The molecule has 17 heavy (non-hydrogen) atoms. The van der Waals surface area contributed by atoms with Crippen molar-refractivity contribution in [3.05, 3.63) is 29.8 Å². The summed E-state index contributed by atoms with van der Waals surface area (Å²) in [4.78, 5) is 11.6. The number of hydrogen-bond acceptors (Lipinski definition) is 3. The molecule has 94 valence electrons. The number of aryl methyl sites for hydroxylation is 1. The molecule has 0 unspecified atom stereocenters. The highest BCUT2D eigenvalue weighted by Gasteiger charge is 2.02. The number of rotatable bonds is 7. The van der Waals surface area contributed by atoms with E-state index in [1.807, 2.05) is 24.3 Å². The highest BCUT2D eigenvalue weighted by atomic mass is 32.2. The van der Waals surface area contributed by atoms with Crippen LogP contribution in [0.1, 0.15) is 18.9 Å². The number of thioether (sulfide) groups is 1. The van der Waals surface area contributed by atoms with Crippen LogP contribution in [0.15, 0.2) is 24.3 Å². The Balaban J connectivity index is 2.34. The number of amides is 1. The molecule has 3 nitrogen and oxygen atoms in total. The molecule has 0 saturated heterocycles. The molecule has 2 N–H and O–H groups in total. The highest BCUT2D eigenvalue weighted by molar-refractivity contribution is 7.99. The van der Waals surface area contributed by atoms with Gasteiger partial charge in [0.15, 0.2) is 0 Å². The number of carbonyl (C=O) groups is 1. The molecule has 0 aliphatic rings. The number of aliphatic hydroxyl groups is 1. The molecule has 0 bridgehead atoms. The second kappa shape index (κ2) is 8.14. The fraction of sp³-hybridized carbons (Fsp3) is 0.462. The Bertz CT molecular complexity index is 355. The van der Waals surface area contributed by atoms with Gasteiger partial charge < -0.3 is 10.4 Å². The Morgan fingerprint density at radius 3 is 3.00 bits per heavy atom. The lowest BCUT2D eigenvalue weighted by Crippen LogP contribution is -2.14. The maximum absolute atomic E-state index is 11.6. The second-order valence-corrected chi connectivity index (χ2v) is 4.84. The molecule has 0 aliphatic carbocycles. The number of hydrogen-bond donors (Lipinski definition) is 2. The Morgan fingerprint density at radius 1 is 1.47 bits per heavy atom. The summed E-state index contributed by atoms with van der Waals surface area (Å²) in [5, 5.41) is 11.5. The molecule has 0 saturated carbocycles. The molecule has 0 heterocycles. The summed E-state index contributed by atoms with van der Waals surface area (Å²) < 4.78 is 0. The molecule has 0 aromatic heterocycles. The molecular formula is C13H19NO2S. The van der Waals surface area contributed by atoms with E-state index in [9.17, 15) is 4.79 Å². The minimum atomic E-state index is 0.0150. The molecule has 0 spiro atoms. The monoisotopic (exact) mass is 253 g/mol. The van der Waals surface area contributed by atoms with Crippen LogP contribution in [-0.4, -0.2) is 29.1 Å². The molecule has 0 atom stereocenters. The number of benzene rings is 1. The highest BCUT2D eigenvalue weighted by Crippen LogP contribution is 2.12. The molecule has 0 fully saturated rings. The van der Waals surface area contributed by atoms with Crippen LogP contribution in [0.2, 0.25) is 0 Å². The fourth-order valence-electron chi connectivity index (χ4n) is 1.40. The van der Waals surface area contributed by atoms with Gasteiger partial charge in [-0.2, -0.15) is 11.8 Å². The lowest BCUT2D eigenvalue weighted by atomic mass is 10.1. The van der Waals surface area contributed by atoms with Gasteiger partial charge in [-0.1, -0.05) is 19.1 Å². The third-order valence-corrected chi connectivity index (χ3v) is 3.34. The van der Waals surface area contributed by atoms with Gasteiger partial charge in [0.2, 0.25) is 5.91 Å². The van der Waals surface area contributed by atoms with Crippen molar-refractivity contribution >= 4 is 23.4 Å². The van der Waals surface area contributed by atoms with Crippen molar-refractivity contribution in [2.75, 3.05) is 23.4 Å². The van der Waals surface area contributed by atoms with Gasteiger partial charge in [-0.05, 0) is 36.3 Å². The quantitative estimate of drug-likeness (QED) is 0.733. The molecule has 0 radical (unpaired) electrons. The smallest absolute Gasteiger partial charge is 0.234 e. The molecule has 0 aliphatic heterocycles. The summed E-state index contributed by atoms with van der Waals surface area (Å²) in [7, 11) is 0. The topological polar surface area (TPSA) is 49.3 Å². The fourth-order valence-corrected chi connectivity index (χ4v) is 2.13. The van der Waals surface area contributed by atoms with Crippen molar-refractivity contribution in [3.8, 4) is 0 Å². The van der Waals surface area contributed by atoms with Gasteiger partial charge in [0, 0.05) is 12.3 Å². The summed E-state index contributed by atoms with van der Waals surface area (Å²) in [5.74, 6) is 1.27. The molecule has 1 aromatic rings. The average Bonchev–Trinajstić information content (AvgIpc) is 2.35. The van der Waals surface area contributed by atoms with Crippen molar-refractivity contribution in [2.24, 2.45) is 0 Å². The Morgan fingerprint density at radius 2 is 2.29 bits per heavy atom. The molecule has 1 rings (SSSR count). The first-order valence-electron chi connectivity index (χ1n) is 5.83. The van der Waals surface area contributed by atoms with E-state index in [0.29, 0.717) is 5.75 Å². The lowest BCUT2D eigenvalue weighted by molar-refractivity contribution is -0.113. The summed E-state index contributed by atoms with van der Waals surface area (Å²) in [6.45, 7) is 2.28. The van der Waals surface area contributed by atoms with E-state index in [2.05, 4.69) is 12.2 Å². The maximum atomic E-state index is 11.6. The maximum Gasteiger partial charge on any atom is 0.234 e. The summed E-state index contributed by atoms with van der Waals surface area (Å²) in [6, 6.07) is 7.89. The molecule has 4 heteroatoms. The summed E-state index contributed by atoms with van der Waals surface area (Å²) in [6.07, 6.45) is 1.71. The van der Waals surface area contributed by atoms with E-state index >= 15 is 0 Å². The van der Waals surface area contributed by atoms with Crippen LogP contribution in [-0.2, 0) is 11.2 Å². The number of nitrogens with one attached hydrogen (secondary N) is 1. The first kappa shape index (κ1) is 14.1. The van der Waals surface area contributed by atoms with Crippen molar-refractivity contribution in [2.45, 2.75) is 19.8 Å². The Kier molecular flexibility index (Phi) is 6.74. The van der Waals surface area contributed by atoms with Crippen molar-refractivity contribution in [1.29, 1.82) is 0 Å². The van der Waals surface area contributed by atoms with Gasteiger partial charge >= 0.3 is 0 Å². The number of aliphatic hydroxyl groups excluding tert-OH is 1. The van der Waals surface area contributed by atoms with Gasteiger partial charge in [0.25, 0.3) is 0 Å². The summed E-state index contributed by atoms with van der Waals surface area (Å²) in [5.41, 5.74) is 2.08. The van der Waals surface area contributed by atoms with Crippen LogP contribution < -0.4 is 5.32 Å². The van der Waals surface area contributed by atoms with Crippen LogP contribution in [0, 0.1) is 0 Å². The average molecular weight is 253 g/mol. The normalized spacial score (nSPS) is 10.2. The van der Waals surface area contributed by atoms with E-state index in [1.165, 1.54) is 5.56 Å². The van der Waals surface area contributed by atoms with Gasteiger partial charge in [0.1, 0.15) is 0 Å². The van der Waals surface area contributed by atoms with Gasteiger partial charge in [0.05, 0.1) is 5.75 Å². The van der Waals surface area contributed by atoms with E-state index in [-0.39, 0.29) is 12.5 Å². The zero-order valence-corrected chi connectivity index (χ0v) is 10.9. The van der Waals surface area contributed by atoms with Crippen LogP contribution in [0.5, 0.6) is 0 Å². The van der Waals surface area contributed by atoms with Crippen molar-refractivity contribution in [3.63, 3.8) is 0 Å². The van der Waals surface area contributed by atoms with Gasteiger partial charge in [-0.25, -0.2) is 0 Å². The van der Waals surface area contributed by atoms with Crippen LogP contribution >= 0.6 is 11.8 Å². The standard InChI is InChI=1S/C13H19NO2S/c1-2-11-5-3-6-12(9-11)14-13(16)10-17-8-4-7-15/h3,5-6,9,15H,2,4,7-8,10H2,1H3,(H,14,16). The number of carbonyl (C=O) groups excluding carboxylic acids is 1. The first-order valence-corrected chi connectivity index (χ1v) is 6.99. The van der Waals surface area contributed by atoms with Crippen LogP contribution in [0.3, 0.4) is 0 Å². The van der Waals surface area contributed by atoms with E-state index in [4.69, 9.17) is 5.11 Å². The van der Waals surface area contributed by atoms with Crippen LogP contribution in [0.25, 0.3) is 0 Å². The molecule has 1 aromatic carbocycles. The summed E-state index contributed by atoms with van der Waals surface area (Å²) >= 11 is 1.54. The van der Waals surface area contributed by atoms with Gasteiger partial charge in [-0.15, -0.1) is 0 Å². The number of anilines is 1. The third-order valence-electron chi connectivity index (χ3n) is 2.30. The predicted molar refractivity (Wildman–Crippen MR) is 73.5 cm³/mol. The zero-order valence-electron chi connectivity index (χ0n) is 10.1. The Hall–Kier alpha value is -1.00. The minimum absolute atomic E-state index is 0.0150.